The lowest BCUT2D eigenvalue weighted by Crippen LogP contribution is -2.39. The predicted octanol–water partition coefficient (Wildman–Crippen LogP) is 4.12. The lowest BCUT2D eigenvalue weighted by atomic mass is 9.98. The molecular weight excluding hydrogens is 367 g/mol. The average molecular weight is 397 g/mol. The topological polar surface area (TPSA) is 41.5 Å². The van der Waals surface area contributed by atoms with Gasteiger partial charge in [-0.2, -0.15) is 0 Å². The summed E-state index contributed by atoms with van der Waals surface area (Å²) in [5.41, 5.74) is 3.13. The van der Waals surface area contributed by atoms with Crippen LogP contribution < -0.4 is 9.64 Å². The molecule has 2 saturated heterocycles. The fraction of sp³-hybridized carbons (Fsp3) is 0.565. The van der Waals surface area contributed by atoms with Gasteiger partial charge in [0.25, 0.3) is 0 Å². The maximum atomic E-state index is 14.4. The fourth-order valence-electron chi connectivity index (χ4n) is 5.33. The molecule has 29 heavy (non-hydrogen) atoms. The molecule has 6 heteroatoms. The minimum Gasteiger partial charge on any atom is -0.497 e. The number of nitrogens with zero attached hydrogens (tertiary/aromatic N) is 4. The largest absolute Gasteiger partial charge is 0.497 e. The molecule has 0 unspecified atom stereocenters. The summed E-state index contributed by atoms with van der Waals surface area (Å²) in [7, 11) is 1.62. The first-order valence-electron chi connectivity index (χ1n) is 10.8. The lowest BCUT2D eigenvalue weighted by Gasteiger charge is -2.37. The van der Waals surface area contributed by atoms with Gasteiger partial charge in [0, 0.05) is 55.5 Å². The monoisotopic (exact) mass is 396 g/mol. The number of hydrogen-bond donors (Lipinski definition) is 0. The number of piperidine rings is 1. The van der Waals surface area contributed by atoms with E-state index >= 15 is 0 Å². The van der Waals surface area contributed by atoms with Crippen molar-refractivity contribution >= 4 is 5.95 Å². The van der Waals surface area contributed by atoms with E-state index in [-0.39, 0.29) is 11.9 Å². The molecular formula is C23H29FN4O. The van der Waals surface area contributed by atoms with Gasteiger partial charge in [-0.25, -0.2) is 14.4 Å². The molecule has 0 radical (unpaired) electrons. The Morgan fingerprint density at radius 2 is 2.14 bits per heavy atom. The number of benzene rings is 1. The van der Waals surface area contributed by atoms with Crippen LogP contribution in [-0.2, 0) is 13.0 Å². The van der Waals surface area contributed by atoms with Gasteiger partial charge in [-0.15, -0.1) is 0 Å². The van der Waals surface area contributed by atoms with Gasteiger partial charge >= 0.3 is 0 Å². The number of rotatable bonds is 4. The van der Waals surface area contributed by atoms with Crippen molar-refractivity contribution in [2.75, 3.05) is 25.1 Å². The van der Waals surface area contributed by atoms with Crippen molar-refractivity contribution in [3.8, 4) is 5.75 Å². The number of halogens is 1. The summed E-state index contributed by atoms with van der Waals surface area (Å²) in [5, 5.41) is 0. The van der Waals surface area contributed by atoms with Crippen LogP contribution in [0.3, 0.4) is 0 Å². The van der Waals surface area contributed by atoms with Crippen LogP contribution in [0.15, 0.2) is 24.4 Å². The number of fused-ring (bicyclic) bond motifs is 4. The Labute approximate surface area is 171 Å². The molecule has 5 rings (SSSR count). The van der Waals surface area contributed by atoms with Crippen molar-refractivity contribution in [3.63, 3.8) is 0 Å². The van der Waals surface area contributed by atoms with Crippen molar-refractivity contribution < 1.29 is 9.13 Å². The zero-order valence-corrected chi connectivity index (χ0v) is 17.3. The van der Waals surface area contributed by atoms with Gasteiger partial charge in [0.2, 0.25) is 5.95 Å². The Balaban J connectivity index is 1.39. The zero-order valence-electron chi connectivity index (χ0n) is 17.3. The van der Waals surface area contributed by atoms with E-state index in [1.165, 1.54) is 30.2 Å². The summed E-state index contributed by atoms with van der Waals surface area (Å²) in [5.74, 6) is 2.13. The van der Waals surface area contributed by atoms with Crippen LogP contribution in [0, 0.1) is 11.7 Å². The Kier molecular flexibility index (Phi) is 4.90. The predicted molar refractivity (Wildman–Crippen MR) is 111 cm³/mol. The standard InChI is InChI=1S/C23H29FN4O/c1-15-4-3-9-27(13-15)23-25-12-19-21(26-23)11-17-5-8-22(19)28(17)14-16-10-18(29-2)6-7-20(16)24/h6-7,10,12,15,17,22H,3-5,8-9,11,13-14H2,1-2H3/t15-,17-,22-/m0/s1. The first-order valence-corrected chi connectivity index (χ1v) is 10.8. The van der Waals surface area contributed by atoms with Gasteiger partial charge in [-0.3, -0.25) is 4.90 Å². The summed E-state index contributed by atoms with van der Waals surface area (Å²) >= 11 is 0. The molecule has 5 nitrogen and oxygen atoms in total. The van der Waals surface area contributed by atoms with E-state index in [1.54, 1.807) is 13.2 Å². The molecule has 3 atom stereocenters. The first kappa shape index (κ1) is 18.8. The van der Waals surface area contributed by atoms with Crippen LogP contribution in [0.2, 0.25) is 0 Å². The van der Waals surface area contributed by atoms with Crippen molar-refractivity contribution in [1.82, 2.24) is 14.9 Å². The van der Waals surface area contributed by atoms with E-state index in [0.717, 1.165) is 38.3 Å². The molecule has 1 aromatic heterocycles. The number of methoxy groups -OCH3 is 1. The Hall–Kier alpha value is -2.21. The summed E-state index contributed by atoms with van der Waals surface area (Å²) in [6, 6.07) is 5.70. The minimum absolute atomic E-state index is 0.165. The first-order chi connectivity index (χ1) is 14.1. The second kappa shape index (κ2) is 7.56. The summed E-state index contributed by atoms with van der Waals surface area (Å²) in [6.07, 6.45) is 7.69. The maximum absolute atomic E-state index is 14.4. The average Bonchev–Trinajstić information content (AvgIpc) is 3.01. The molecule has 0 spiro atoms. The number of ether oxygens (including phenoxy) is 1. The Morgan fingerprint density at radius 1 is 1.24 bits per heavy atom. The second-order valence-corrected chi connectivity index (χ2v) is 8.85. The van der Waals surface area contributed by atoms with E-state index in [4.69, 9.17) is 14.7 Å². The van der Waals surface area contributed by atoms with E-state index in [2.05, 4.69) is 16.7 Å². The molecule has 0 aliphatic carbocycles. The van der Waals surface area contributed by atoms with Gasteiger partial charge in [0.15, 0.2) is 0 Å². The third kappa shape index (κ3) is 3.48. The summed E-state index contributed by atoms with van der Waals surface area (Å²) in [4.78, 5) is 14.5. The molecule has 2 aromatic rings. The van der Waals surface area contributed by atoms with Gasteiger partial charge in [-0.1, -0.05) is 6.92 Å². The van der Waals surface area contributed by atoms with Gasteiger partial charge in [-0.05, 0) is 49.8 Å². The SMILES string of the molecule is COc1ccc(F)c(CN2[C@H]3CC[C@H]2c2cnc(N4CCC[C@H](C)C4)nc2C3)c1. The molecule has 2 bridgehead atoms. The van der Waals surface area contributed by atoms with E-state index in [9.17, 15) is 4.39 Å². The van der Waals surface area contributed by atoms with Gasteiger partial charge in [0.05, 0.1) is 12.8 Å². The highest BCUT2D eigenvalue weighted by Gasteiger charge is 2.41. The van der Waals surface area contributed by atoms with Crippen LogP contribution in [0.4, 0.5) is 10.3 Å². The molecule has 0 amide bonds. The quantitative estimate of drug-likeness (QED) is 0.778. The third-order valence-electron chi connectivity index (χ3n) is 6.86. The molecule has 1 aromatic carbocycles. The van der Waals surface area contributed by atoms with Crippen molar-refractivity contribution in [1.29, 1.82) is 0 Å². The molecule has 154 valence electrons. The fourth-order valence-corrected chi connectivity index (χ4v) is 5.33. The third-order valence-corrected chi connectivity index (χ3v) is 6.86. The van der Waals surface area contributed by atoms with Gasteiger partial charge in [0.1, 0.15) is 11.6 Å². The molecule has 3 aliphatic rings. The highest BCUT2D eigenvalue weighted by Crippen LogP contribution is 2.44. The molecule has 0 saturated carbocycles. The van der Waals surface area contributed by atoms with Crippen LogP contribution in [-0.4, -0.2) is 41.1 Å². The molecule has 3 aliphatic heterocycles. The van der Waals surface area contributed by atoms with Crippen LogP contribution in [0.5, 0.6) is 5.75 Å². The highest BCUT2D eigenvalue weighted by atomic mass is 19.1. The van der Waals surface area contributed by atoms with Crippen molar-refractivity contribution in [2.24, 2.45) is 5.92 Å². The molecule has 2 fully saturated rings. The van der Waals surface area contributed by atoms with E-state index in [1.807, 2.05) is 12.3 Å². The minimum atomic E-state index is -0.165. The molecule has 4 heterocycles. The number of anilines is 1. The smallest absolute Gasteiger partial charge is 0.225 e. The Morgan fingerprint density at radius 3 is 2.97 bits per heavy atom. The van der Waals surface area contributed by atoms with Gasteiger partial charge < -0.3 is 9.64 Å². The Bertz CT molecular complexity index is 904. The van der Waals surface area contributed by atoms with Crippen molar-refractivity contribution in [3.05, 3.63) is 47.0 Å². The maximum Gasteiger partial charge on any atom is 0.225 e. The second-order valence-electron chi connectivity index (χ2n) is 8.85. The van der Waals surface area contributed by atoms with Crippen LogP contribution in [0.1, 0.15) is 55.5 Å². The number of hydrogen-bond acceptors (Lipinski definition) is 5. The summed E-state index contributed by atoms with van der Waals surface area (Å²) in [6.45, 7) is 5.01. The van der Waals surface area contributed by atoms with E-state index < -0.39 is 0 Å². The normalized spacial score (nSPS) is 26.4. The van der Waals surface area contributed by atoms with Crippen LogP contribution in [0.25, 0.3) is 0 Å². The molecule has 0 N–H and O–H groups in total. The van der Waals surface area contributed by atoms with E-state index in [0.29, 0.717) is 29.8 Å². The highest BCUT2D eigenvalue weighted by molar-refractivity contribution is 5.38. The zero-order chi connectivity index (χ0) is 20.0. The lowest BCUT2D eigenvalue weighted by molar-refractivity contribution is 0.164. The van der Waals surface area contributed by atoms with Crippen molar-refractivity contribution in [2.45, 2.75) is 57.7 Å². The number of aromatic nitrogens is 2. The van der Waals surface area contributed by atoms with Crippen LogP contribution >= 0.6 is 0 Å². The summed E-state index contributed by atoms with van der Waals surface area (Å²) < 4.78 is 19.7.